The second-order valence-electron chi connectivity index (χ2n) is 6.22. The summed E-state index contributed by atoms with van der Waals surface area (Å²) in [7, 11) is 0. The van der Waals surface area contributed by atoms with Crippen molar-refractivity contribution in [2.45, 2.75) is 25.8 Å². The van der Waals surface area contributed by atoms with Crippen LogP contribution in [0.4, 0.5) is 0 Å². The lowest BCUT2D eigenvalue weighted by molar-refractivity contribution is -0.143. The number of thiophene rings is 1. The summed E-state index contributed by atoms with van der Waals surface area (Å²) >= 11 is 5.25. The Labute approximate surface area is 160 Å². The normalized spacial score (nSPS) is 19.5. The van der Waals surface area contributed by atoms with E-state index in [4.69, 9.17) is 4.74 Å². The molecular formula is C19H22BrNO3S. The first-order valence-electron chi connectivity index (χ1n) is 8.53. The molecule has 1 aliphatic rings. The monoisotopic (exact) mass is 423 g/mol. The molecule has 2 aromatic rings. The van der Waals surface area contributed by atoms with Crippen LogP contribution >= 0.6 is 27.3 Å². The van der Waals surface area contributed by atoms with Crippen LogP contribution in [0.5, 0.6) is 5.75 Å². The van der Waals surface area contributed by atoms with Gasteiger partial charge < -0.3 is 9.84 Å². The molecule has 4 nitrogen and oxygen atoms in total. The van der Waals surface area contributed by atoms with E-state index >= 15 is 0 Å². The van der Waals surface area contributed by atoms with Crippen LogP contribution in [-0.4, -0.2) is 35.7 Å². The maximum Gasteiger partial charge on any atom is 0.307 e. The van der Waals surface area contributed by atoms with Crippen LogP contribution in [0.2, 0.25) is 0 Å². The zero-order chi connectivity index (χ0) is 17.8. The van der Waals surface area contributed by atoms with E-state index in [1.54, 1.807) is 11.3 Å². The number of hydrogen-bond acceptors (Lipinski definition) is 4. The molecule has 2 atom stereocenters. The maximum atomic E-state index is 11.5. The van der Waals surface area contributed by atoms with Gasteiger partial charge in [-0.2, -0.15) is 0 Å². The van der Waals surface area contributed by atoms with Gasteiger partial charge in [0.25, 0.3) is 0 Å². The van der Waals surface area contributed by atoms with Crippen molar-refractivity contribution in [1.82, 2.24) is 4.90 Å². The van der Waals surface area contributed by atoms with Crippen LogP contribution in [0.3, 0.4) is 0 Å². The second-order valence-corrected chi connectivity index (χ2v) is 8.71. The summed E-state index contributed by atoms with van der Waals surface area (Å²) in [4.78, 5) is 15.0. The van der Waals surface area contributed by atoms with Crippen molar-refractivity contribution in [3.05, 3.63) is 50.6 Å². The third kappa shape index (κ3) is 4.43. The maximum absolute atomic E-state index is 11.5. The highest BCUT2D eigenvalue weighted by molar-refractivity contribution is 9.11. The summed E-state index contributed by atoms with van der Waals surface area (Å²) in [5, 5.41) is 9.43. The zero-order valence-electron chi connectivity index (χ0n) is 14.2. The minimum atomic E-state index is -0.692. The van der Waals surface area contributed by atoms with Gasteiger partial charge in [0.15, 0.2) is 0 Å². The average Bonchev–Trinajstić information content (AvgIpc) is 3.03. The number of rotatable bonds is 6. The fourth-order valence-corrected chi connectivity index (χ4v) is 4.97. The van der Waals surface area contributed by atoms with Gasteiger partial charge in [-0.1, -0.05) is 12.1 Å². The van der Waals surface area contributed by atoms with Gasteiger partial charge in [0, 0.05) is 11.4 Å². The molecule has 1 aromatic heterocycles. The number of aliphatic carboxylic acids is 1. The van der Waals surface area contributed by atoms with E-state index in [0.29, 0.717) is 13.2 Å². The minimum Gasteiger partial charge on any atom is -0.494 e. The minimum absolute atomic E-state index is 0.0779. The Morgan fingerprint density at radius 2 is 2.12 bits per heavy atom. The van der Waals surface area contributed by atoms with Crippen LogP contribution in [0.15, 0.2) is 40.2 Å². The second kappa shape index (κ2) is 8.34. The molecule has 2 unspecified atom stereocenters. The number of carboxylic acids is 1. The first-order chi connectivity index (χ1) is 12.1. The molecule has 0 spiro atoms. The summed E-state index contributed by atoms with van der Waals surface area (Å²) in [5.74, 6) is -0.121. The number of nitrogens with zero attached hydrogens (tertiary/aromatic N) is 1. The highest BCUT2D eigenvalue weighted by Crippen LogP contribution is 2.38. The lowest BCUT2D eigenvalue weighted by atomic mass is 9.94. The van der Waals surface area contributed by atoms with Crippen molar-refractivity contribution in [3.8, 4) is 5.75 Å². The summed E-state index contributed by atoms with van der Waals surface area (Å²) in [5.41, 5.74) is 1.17. The van der Waals surface area contributed by atoms with E-state index in [9.17, 15) is 9.90 Å². The Hall–Kier alpha value is -1.37. The molecule has 0 amide bonds. The predicted octanol–water partition coefficient (Wildman–Crippen LogP) is 4.80. The van der Waals surface area contributed by atoms with E-state index in [1.807, 2.05) is 19.1 Å². The molecule has 0 radical (unpaired) electrons. The van der Waals surface area contributed by atoms with Gasteiger partial charge in [-0.25, -0.2) is 0 Å². The number of piperidine rings is 1. The first kappa shape index (κ1) is 18.4. The molecule has 0 aliphatic carbocycles. The Balaban J connectivity index is 1.91. The molecule has 6 heteroatoms. The topological polar surface area (TPSA) is 49.8 Å². The van der Waals surface area contributed by atoms with Crippen LogP contribution in [0.25, 0.3) is 0 Å². The van der Waals surface area contributed by atoms with Crippen LogP contribution in [0, 0.1) is 5.92 Å². The lowest BCUT2D eigenvalue weighted by Crippen LogP contribution is -2.41. The molecule has 0 bridgehead atoms. The summed E-state index contributed by atoms with van der Waals surface area (Å²) in [6.45, 7) is 4.12. The molecule has 1 aromatic carbocycles. The molecule has 3 rings (SSSR count). The fourth-order valence-electron chi connectivity index (χ4n) is 3.39. The number of carbonyl (C=O) groups is 1. The lowest BCUT2D eigenvalue weighted by Gasteiger charge is -2.37. The molecule has 25 heavy (non-hydrogen) atoms. The quantitative estimate of drug-likeness (QED) is 0.724. The summed E-state index contributed by atoms with van der Waals surface area (Å²) in [6.07, 6.45) is 1.67. The molecule has 1 N–H and O–H groups in total. The van der Waals surface area contributed by atoms with Crippen LogP contribution in [0.1, 0.15) is 36.2 Å². The van der Waals surface area contributed by atoms with Crippen LogP contribution < -0.4 is 4.74 Å². The molecule has 1 saturated heterocycles. The number of hydrogen-bond donors (Lipinski definition) is 1. The SMILES string of the molecule is CCOc1ccc(C(c2ccc(Br)s2)N2CCCC(C(=O)O)C2)cc1. The van der Waals surface area contributed by atoms with Crippen molar-refractivity contribution >= 4 is 33.2 Å². The van der Waals surface area contributed by atoms with Gasteiger partial charge in [-0.05, 0) is 72.1 Å². The highest BCUT2D eigenvalue weighted by atomic mass is 79.9. The van der Waals surface area contributed by atoms with Gasteiger partial charge in [-0.15, -0.1) is 11.3 Å². The van der Waals surface area contributed by atoms with E-state index in [1.165, 1.54) is 10.4 Å². The van der Waals surface area contributed by atoms with Crippen molar-refractivity contribution in [2.75, 3.05) is 19.7 Å². The molecular weight excluding hydrogens is 402 g/mol. The highest BCUT2D eigenvalue weighted by Gasteiger charge is 2.31. The molecule has 134 valence electrons. The Morgan fingerprint density at radius 3 is 2.72 bits per heavy atom. The Morgan fingerprint density at radius 1 is 1.36 bits per heavy atom. The van der Waals surface area contributed by atoms with E-state index < -0.39 is 5.97 Å². The average molecular weight is 424 g/mol. The Bertz CT molecular complexity index is 716. The van der Waals surface area contributed by atoms with E-state index in [-0.39, 0.29) is 12.0 Å². The third-order valence-electron chi connectivity index (χ3n) is 4.54. The molecule has 1 fully saturated rings. The zero-order valence-corrected chi connectivity index (χ0v) is 16.6. The molecule has 2 heterocycles. The molecule has 0 saturated carbocycles. The van der Waals surface area contributed by atoms with Gasteiger partial charge in [-0.3, -0.25) is 9.69 Å². The number of carboxylic acid groups (broad SMARTS) is 1. The number of likely N-dealkylation sites (tertiary alicyclic amines) is 1. The van der Waals surface area contributed by atoms with E-state index in [2.05, 4.69) is 45.1 Å². The van der Waals surface area contributed by atoms with Crippen molar-refractivity contribution < 1.29 is 14.6 Å². The van der Waals surface area contributed by atoms with Gasteiger partial charge in [0.2, 0.25) is 0 Å². The Kier molecular flexibility index (Phi) is 6.15. The summed E-state index contributed by atoms with van der Waals surface area (Å²) < 4.78 is 6.64. The van der Waals surface area contributed by atoms with Crippen LogP contribution in [-0.2, 0) is 4.79 Å². The predicted molar refractivity (Wildman–Crippen MR) is 103 cm³/mol. The van der Waals surface area contributed by atoms with E-state index in [0.717, 1.165) is 28.9 Å². The number of ether oxygens (including phenoxy) is 1. The van der Waals surface area contributed by atoms with Gasteiger partial charge in [0.05, 0.1) is 22.4 Å². The van der Waals surface area contributed by atoms with Gasteiger partial charge in [0.1, 0.15) is 5.75 Å². The summed E-state index contributed by atoms with van der Waals surface area (Å²) in [6, 6.07) is 12.4. The third-order valence-corrected chi connectivity index (χ3v) is 6.21. The number of benzene rings is 1. The number of halogens is 1. The largest absolute Gasteiger partial charge is 0.494 e. The van der Waals surface area contributed by atoms with Gasteiger partial charge >= 0.3 is 5.97 Å². The fraction of sp³-hybridized carbons (Fsp3) is 0.421. The van der Waals surface area contributed by atoms with Crippen molar-refractivity contribution in [3.63, 3.8) is 0 Å². The van der Waals surface area contributed by atoms with Crippen molar-refractivity contribution in [1.29, 1.82) is 0 Å². The smallest absolute Gasteiger partial charge is 0.307 e. The van der Waals surface area contributed by atoms with Crippen molar-refractivity contribution in [2.24, 2.45) is 5.92 Å². The first-order valence-corrected chi connectivity index (χ1v) is 10.1. The molecule has 1 aliphatic heterocycles. The standard InChI is InChI=1S/C19H22BrNO3S/c1-2-24-15-7-5-13(6-8-15)18(16-9-10-17(20)25-16)21-11-3-4-14(12-21)19(22)23/h5-10,14,18H,2-4,11-12H2,1H3,(H,22,23).